The molecule has 1 unspecified atom stereocenters. The maximum atomic E-state index is 5.80. The first-order valence-corrected chi connectivity index (χ1v) is 6.84. The van der Waals surface area contributed by atoms with Gasteiger partial charge in [-0.15, -0.1) is 0 Å². The van der Waals surface area contributed by atoms with E-state index < -0.39 is 0 Å². The van der Waals surface area contributed by atoms with Crippen molar-refractivity contribution in [2.75, 3.05) is 6.54 Å². The maximum absolute atomic E-state index is 5.80. The Balaban J connectivity index is 2.08. The smallest absolute Gasteiger partial charge is 0.155 e. The van der Waals surface area contributed by atoms with Gasteiger partial charge < -0.3 is 5.73 Å². The highest BCUT2D eigenvalue weighted by Crippen LogP contribution is 2.31. The van der Waals surface area contributed by atoms with Gasteiger partial charge in [0.15, 0.2) is 5.82 Å². The Bertz CT molecular complexity index is 339. The lowest BCUT2D eigenvalue weighted by molar-refractivity contribution is 0.428. The average Bonchev–Trinajstić information content (AvgIpc) is 2.80. The highest BCUT2D eigenvalue weighted by atomic mass is 15.2. The number of aromatic amines is 1. The summed E-state index contributed by atoms with van der Waals surface area (Å²) in [5, 5.41) is 7.50. The molecule has 1 aliphatic carbocycles. The summed E-state index contributed by atoms with van der Waals surface area (Å²) in [4.78, 5) is 4.68. The standard InChI is InChI=1S/C13H24N4/c1-9(2)11(8-14)13-15-12(16-17-13)10-6-4-3-5-7-10/h9-11H,3-8,14H2,1-2H3,(H,15,16,17). The maximum Gasteiger partial charge on any atom is 0.155 e. The minimum absolute atomic E-state index is 0.281. The van der Waals surface area contributed by atoms with Crippen molar-refractivity contribution in [2.24, 2.45) is 11.7 Å². The molecule has 0 saturated heterocycles. The average molecular weight is 236 g/mol. The second-order valence-corrected chi connectivity index (χ2v) is 5.50. The summed E-state index contributed by atoms with van der Waals surface area (Å²) in [6, 6.07) is 0. The van der Waals surface area contributed by atoms with E-state index in [2.05, 4.69) is 29.0 Å². The minimum Gasteiger partial charge on any atom is -0.330 e. The summed E-state index contributed by atoms with van der Waals surface area (Å²) in [5.74, 6) is 3.36. The monoisotopic (exact) mass is 236 g/mol. The largest absolute Gasteiger partial charge is 0.330 e. The molecule has 1 fully saturated rings. The summed E-state index contributed by atoms with van der Waals surface area (Å²) in [6.07, 6.45) is 6.53. The van der Waals surface area contributed by atoms with Crippen molar-refractivity contribution in [3.63, 3.8) is 0 Å². The molecule has 4 nitrogen and oxygen atoms in total. The molecule has 1 aliphatic rings. The van der Waals surface area contributed by atoms with Gasteiger partial charge in [-0.25, -0.2) is 4.98 Å². The van der Waals surface area contributed by atoms with Gasteiger partial charge >= 0.3 is 0 Å². The first-order valence-electron chi connectivity index (χ1n) is 6.84. The molecule has 0 amide bonds. The normalized spacial score (nSPS) is 19.8. The Morgan fingerprint density at radius 1 is 1.29 bits per heavy atom. The van der Waals surface area contributed by atoms with E-state index >= 15 is 0 Å². The predicted octanol–water partition coefficient (Wildman–Crippen LogP) is 2.55. The van der Waals surface area contributed by atoms with Crippen molar-refractivity contribution < 1.29 is 0 Å². The van der Waals surface area contributed by atoms with Crippen molar-refractivity contribution in [3.05, 3.63) is 11.6 Å². The number of aromatic nitrogens is 3. The second kappa shape index (κ2) is 5.63. The van der Waals surface area contributed by atoms with Crippen LogP contribution >= 0.6 is 0 Å². The fraction of sp³-hybridized carbons (Fsp3) is 0.846. The number of rotatable bonds is 4. The van der Waals surface area contributed by atoms with E-state index in [1.165, 1.54) is 32.1 Å². The Morgan fingerprint density at radius 2 is 2.00 bits per heavy atom. The zero-order valence-electron chi connectivity index (χ0n) is 10.9. The Labute approximate surface area is 103 Å². The van der Waals surface area contributed by atoms with Gasteiger partial charge in [0.05, 0.1) is 0 Å². The van der Waals surface area contributed by atoms with Crippen molar-refractivity contribution in [1.29, 1.82) is 0 Å². The molecule has 1 atom stereocenters. The van der Waals surface area contributed by atoms with Crippen LogP contribution in [-0.2, 0) is 0 Å². The summed E-state index contributed by atoms with van der Waals surface area (Å²) in [6.45, 7) is 4.97. The molecule has 1 aromatic rings. The van der Waals surface area contributed by atoms with Crippen LogP contribution in [0.4, 0.5) is 0 Å². The van der Waals surface area contributed by atoms with Crippen LogP contribution in [0, 0.1) is 5.92 Å². The van der Waals surface area contributed by atoms with Crippen LogP contribution in [0.1, 0.15) is 69.4 Å². The van der Waals surface area contributed by atoms with Crippen molar-refractivity contribution in [2.45, 2.75) is 57.8 Å². The highest BCUT2D eigenvalue weighted by molar-refractivity contribution is 5.04. The lowest BCUT2D eigenvalue weighted by atomic mass is 9.89. The summed E-state index contributed by atoms with van der Waals surface area (Å²) >= 11 is 0. The van der Waals surface area contributed by atoms with Gasteiger partial charge in [0.25, 0.3) is 0 Å². The SMILES string of the molecule is CC(C)C(CN)c1n[nH]c(C2CCCCC2)n1. The third-order valence-electron chi connectivity index (χ3n) is 3.90. The second-order valence-electron chi connectivity index (χ2n) is 5.50. The fourth-order valence-corrected chi connectivity index (χ4v) is 2.69. The number of nitrogens with zero attached hydrogens (tertiary/aromatic N) is 2. The lowest BCUT2D eigenvalue weighted by Crippen LogP contribution is -2.19. The molecule has 0 aliphatic heterocycles. The molecule has 0 bridgehead atoms. The van der Waals surface area contributed by atoms with Crippen molar-refractivity contribution in [3.8, 4) is 0 Å². The van der Waals surface area contributed by atoms with Gasteiger partial charge in [0.2, 0.25) is 0 Å². The Kier molecular flexibility index (Phi) is 4.15. The highest BCUT2D eigenvalue weighted by Gasteiger charge is 2.23. The van der Waals surface area contributed by atoms with Crippen molar-refractivity contribution >= 4 is 0 Å². The number of nitrogens with two attached hydrogens (primary N) is 1. The molecule has 0 spiro atoms. The molecular weight excluding hydrogens is 212 g/mol. The molecule has 0 aromatic carbocycles. The molecule has 1 saturated carbocycles. The van der Waals surface area contributed by atoms with Crippen LogP contribution in [0.25, 0.3) is 0 Å². The zero-order valence-corrected chi connectivity index (χ0v) is 10.9. The molecule has 17 heavy (non-hydrogen) atoms. The molecule has 2 rings (SSSR count). The number of hydrogen-bond acceptors (Lipinski definition) is 3. The van der Waals surface area contributed by atoms with E-state index in [1.807, 2.05) is 0 Å². The molecule has 1 heterocycles. The number of H-pyrrole nitrogens is 1. The minimum atomic E-state index is 0.281. The molecule has 0 radical (unpaired) electrons. The van der Waals surface area contributed by atoms with E-state index in [4.69, 9.17) is 5.73 Å². The van der Waals surface area contributed by atoms with Crippen molar-refractivity contribution in [1.82, 2.24) is 15.2 Å². The summed E-state index contributed by atoms with van der Waals surface area (Å²) in [7, 11) is 0. The molecular formula is C13H24N4. The number of nitrogens with one attached hydrogen (secondary N) is 1. The van der Waals surface area contributed by atoms with Gasteiger partial charge in [0, 0.05) is 18.4 Å². The predicted molar refractivity (Wildman–Crippen MR) is 68.8 cm³/mol. The first-order chi connectivity index (χ1) is 8.22. The van der Waals surface area contributed by atoms with Crippen LogP contribution in [-0.4, -0.2) is 21.7 Å². The van der Waals surface area contributed by atoms with Gasteiger partial charge in [-0.1, -0.05) is 33.1 Å². The third kappa shape index (κ3) is 2.86. The molecule has 1 aromatic heterocycles. The molecule has 96 valence electrons. The summed E-state index contributed by atoms with van der Waals surface area (Å²) < 4.78 is 0. The Morgan fingerprint density at radius 3 is 2.59 bits per heavy atom. The van der Waals surface area contributed by atoms with Crippen LogP contribution in [0.3, 0.4) is 0 Å². The van der Waals surface area contributed by atoms with Gasteiger partial charge in [-0.3, -0.25) is 5.10 Å². The van der Waals surface area contributed by atoms with E-state index in [1.54, 1.807) is 0 Å². The van der Waals surface area contributed by atoms with E-state index in [-0.39, 0.29) is 5.92 Å². The van der Waals surface area contributed by atoms with Gasteiger partial charge in [0.1, 0.15) is 5.82 Å². The van der Waals surface area contributed by atoms with E-state index in [0.29, 0.717) is 18.4 Å². The third-order valence-corrected chi connectivity index (χ3v) is 3.90. The molecule has 4 heteroatoms. The van der Waals surface area contributed by atoms with E-state index in [0.717, 1.165) is 11.6 Å². The first kappa shape index (κ1) is 12.6. The number of hydrogen-bond donors (Lipinski definition) is 2. The van der Waals surface area contributed by atoms with E-state index in [9.17, 15) is 0 Å². The lowest BCUT2D eigenvalue weighted by Gasteiger charge is -2.19. The Hall–Kier alpha value is -0.900. The topological polar surface area (TPSA) is 67.6 Å². The van der Waals surface area contributed by atoms with Crippen LogP contribution < -0.4 is 5.73 Å². The van der Waals surface area contributed by atoms with Crippen LogP contribution in [0.15, 0.2) is 0 Å². The van der Waals surface area contributed by atoms with Crippen LogP contribution in [0.2, 0.25) is 0 Å². The summed E-state index contributed by atoms with van der Waals surface area (Å²) in [5.41, 5.74) is 5.80. The molecule has 3 N–H and O–H groups in total. The quantitative estimate of drug-likeness (QED) is 0.844. The van der Waals surface area contributed by atoms with Gasteiger partial charge in [-0.05, 0) is 18.8 Å². The fourth-order valence-electron chi connectivity index (χ4n) is 2.69. The van der Waals surface area contributed by atoms with Crippen LogP contribution in [0.5, 0.6) is 0 Å². The zero-order chi connectivity index (χ0) is 12.3. The van der Waals surface area contributed by atoms with Gasteiger partial charge in [-0.2, -0.15) is 5.10 Å².